The maximum Gasteiger partial charge on any atom is 0.317 e. The van der Waals surface area contributed by atoms with E-state index in [1.54, 1.807) is 19.1 Å². The Balaban J connectivity index is 1.70. The van der Waals surface area contributed by atoms with E-state index in [-0.39, 0.29) is 26.1 Å². The molecule has 9 atom stereocenters. The Hall–Kier alpha value is -2.72. The van der Waals surface area contributed by atoms with Crippen LogP contribution in [0.3, 0.4) is 0 Å². The monoisotopic (exact) mass is 490 g/mol. The Labute approximate surface area is 202 Å². The minimum atomic E-state index is -1.37. The second-order valence-corrected chi connectivity index (χ2v) is 10.7. The molecular formula is C25H30O10. The van der Waals surface area contributed by atoms with Gasteiger partial charge in [-0.3, -0.25) is 19.2 Å². The smallest absolute Gasteiger partial charge is 0.317 e. The van der Waals surface area contributed by atoms with E-state index in [1.807, 2.05) is 0 Å². The van der Waals surface area contributed by atoms with Crippen molar-refractivity contribution in [3.63, 3.8) is 0 Å². The van der Waals surface area contributed by atoms with Crippen LogP contribution in [0, 0.1) is 28.6 Å². The maximum atomic E-state index is 13.7. The van der Waals surface area contributed by atoms with Gasteiger partial charge < -0.3 is 28.8 Å². The highest BCUT2D eigenvalue weighted by Gasteiger charge is 2.85. The van der Waals surface area contributed by atoms with Crippen LogP contribution < -0.4 is 0 Å². The molecule has 1 spiro atoms. The molecule has 5 aliphatic rings. The number of esters is 4. The number of carbonyl (C=O) groups is 4. The van der Waals surface area contributed by atoms with Crippen LogP contribution in [0.4, 0.5) is 0 Å². The lowest BCUT2D eigenvalue weighted by molar-refractivity contribution is -0.187. The fourth-order valence-electron chi connectivity index (χ4n) is 8.03. The fourth-order valence-corrected chi connectivity index (χ4v) is 8.03. The molecule has 0 amide bonds. The number of rotatable bonds is 5. The van der Waals surface area contributed by atoms with Gasteiger partial charge >= 0.3 is 23.9 Å². The first-order valence-electron chi connectivity index (χ1n) is 11.7. The highest BCUT2D eigenvalue weighted by Crippen LogP contribution is 2.78. The molecule has 10 heteroatoms. The summed E-state index contributed by atoms with van der Waals surface area (Å²) in [7, 11) is 1.39. The van der Waals surface area contributed by atoms with E-state index in [9.17, 15) is 24.3 Å². The summed E-state index contributed by atoms with van der Waals surface area (Å²) in [4.78, 5) is 51.0. The maximum absolute atomic E-state index is 13.7. The third kappa shape index (κ3) is 2.78. The zero-order valence-electron chi connectivity index (χ0n) is 20.2. The van der Waals surface area contributed by atoms with Crippen molar-refractivity contribution in [3.8, 4) is 0 Å². The normalized spacial score (nSPS) is 46.5. The molecule has 10 nitrogen and oxygen atoms in total. The molecule has 1 heterocycles. The van der Waals surface area contributed by atoms with Crippen molar-refractivity contribution >= 4 is 23.9 Å². The SMILES string of the molecule is C=C1C[C@]23C[C@@]1(OC(C)=O)[C@H](O)C[C@H]2[C@@]12C=C[C@H](OC(C)=O)[C@@](C)(C(=O)O1)[C@H]2[C@@H]3C(=O)OCOC. The molecule has 1 saturated heterocycles. The van der Waals surface area contributed by atoms with Crippen LogP contribution in [0.25, 0.3) is 0 Å². The van der Waals surface area contributed by atoms with Crippen LogP contribution in [-0.4, -0.2) is 66.3 Å². The summed E-state index contributed by atoms with van der Waals surface area (Å²) < 4.78 is 27.7. The van der Waals surface area contributed by atoms with Gasteiger partial charge in [-0.05, 0) is 42.9 Å². The van der Waals surface area contributed by atoms with Gasteiger partial charge in [-0.25, -0.2) is 0 Å². The summed E-state index contributed by atoms with van der Waals surface area (Å²) in [5, 5.41) is 11.3. The average molecular weight is 491 g/mol. The number of aliphatic hydroxyl groups is 1. The van der Waals surface area contributed by atoms with Crippen LogP contribution in [0.2, 0.25) is 0 Å². The Morgan fingerprint density at radius 3 is 2.60 bits per heavy atom. The van der Waals surface area contributed by atoms with Crippen molar-refractivity contribution in [1.82, 2.24) is 0 Å². The van der Waals surface area contributed by atoms with E-state index >= 15 is 0 Å². The molecule has 1 N–H and O–H groups in total. The van der Waals surface area contributed by atoms with Crippen molar-refractivity contribution in [2.75, 3.05) is 13.9 Å². The van der Waals surface area contributed by atoms with Crippen molar-refractivity contribution in [1.29, 1.82) is 0 Å². The van der Waals surface area contributed by atoms with Crippen LogP contribution in [0.1, 0.15) is 40.0 Å². The summed E-state index contributed by atoms with van der Waals surface area (Å²) in [5.74, 6) is -4.45. The Kier molecular flexibility index (Phi) is 5.07. The lowest BCUT2D eigenvalue weighted by Crippen LogP contribution is -2.55. The third-order valence-corrected chi connectivity index (χ3v) is 9.08. The van der Waals surface area contributed by atoms with Crippen molar-refractivity contribution in [2.24, 2.45) is 28.6 Å². The molecule has 5 rings (SSSR count). The molecule has 4 fully saturated rings. The van der Waals surface area contributed by atoms with Gasteiger partial charge in [-0.2, -0.15) is 0 Å². The molecule has 35 heavy (non-hydrogen) atoms. The van der Waals surface area contributed by atoms with Crippen LogP contribution in [0.15, 0.2) is 24.3 Å². The standard InChI is InChI=1S/C25H30O10/c1-12-9-23-10-25(12,34-14(3)27)16(28)8-15(23)24-7-6-17(33-13(2)26)22(4,21(30)35-24)19(24)18(23)20(29)32-11-31-5/h6-7,15-19,28H,1,8-11H2,2-5H3/t15-,16-,17+,18-,19-,22-,23+,24-,25+/m1/s1. The molecule has 1 aliphatic heterocycles. The molecule has 0 unspecified atom stereocenters. The molecule has 4 bridgehead atoms. The van der Waals surface area contributed by atoms with Gasteiger partial charge in [0.1, 0.15) is 17.1 Å². The van der Waals surface area contributed by atoms with Crippen molar-refractivity contribution in [2.45, 2.75) is 63.4 Å². The van der Waals surface area contributed by atoms with Gasteiger partial charge in [-0.1, -0.05) is 6.58 Å². The van der Waals surface area contributed by atoms with Gasteiger partial charge in [0.2, 0.25) is 0 Å². The first-order chi connectivity index (χ1) is 16.4. The average Bonchev–Trinajstić information content (AvgIpc) is 3.21. The second-order valence-electron chi connectivity index (χ2n) is 10.7. The summed E-state index contributed by atoms with van der Waals surface area (Å²) in [6, 6.07) is 0. The molecular weight excluding hydrogens is 460 g/mol. The number of hydrogen-bond donors (Lipinski definition) is 1. The summed E-state index contributed by atoms with van der Waals surface area (Å²) in [5.41, 5.74) is -4.32. The van der Waals surface area contributed by atoms with Crippen molar-refractivity contribution in [3.05, 3.63) is 24.3 Å². The highest BCUT2D eigenvalue weighted by molar-refractivity contribution is 5.87. The van der Waals surface area contributed by atoms with E-state index in [2.05, 4.69) is 6.58 Å². The first-order valence-corrected chi connectivity index (χ1v) is 11.7. The number of ether oxygens (including phenoxy) is 5. The van der Waals surface area contributed by atoms with Crippen LogP contribution >= 0.6 is 0 Å². The van der Waals surface area contributed by atoms with Crippen LogP contribution in [0.5, 0.6) is 0 Å². The molecule has 0 aromatic rings. The van der Waals surface area contributed by atoms with E-state index in [0.29, 0.717) is 5.57 Å². The second kappa shape index (κ2) is 7.39. The molecule has 0 aromatic carbocycles. The molecule has 0 aromatic heterocycles. The Bertz CT molecular complexity index is 1060. The number of fused-ring (bicyclic) bond motifs is 1. The summed E-state index contributed by atoms with van der Waals surface area (Å²) in [6.45, 7) is 8.01. The number of aliphatic hydroxyl groups excluding tert-OH is 1. The van der Waals surface area contributed by atoms with E-state index in [4.69, 9.17) is 23.7 Å². The fraction of sp³-hybridized carbons (Fsp3) is 0.680. The molecule has 3 saturated carbocycles. The Morgan fingerprint density at radius 1 is 1.26 bits per heavy atom. The minimum Gasteiger partial charge on any atom is -0.457 e. The van der Waals surface area contributed by atoms with Gasteiger partial charge in [0.05, 0.1) is 12.0 Å². The predicted molar refractivity (Wildman–Crippen MR) is 116 cm³/mol. The van der Waals surface area contributed by atoms with E-state index in [0.717, 1.165) is 0 Å². The molecule has 190 valence electrons. The topological polar surface area (TPSA) is 135 Å². The third-order valence-electron chi connectivity index (χ3n) is 9.08. The summed E-state index contributed by atoms with van der Waals surface area (Å²) >= 11 is 0. The van der Waals surface area contributed by atoms with Gasteiger partial charge in [-0.15, -0.1) is 0 Å². The lowest BCUT2D eigenvalue weighted by Gasteiger charge is -2.47. The largest absolute Gasteiger partial charge is 0.457 e. The molecule has 4 aliphatic carbocycles. The lowest BCUT2D eigenvalue weighted by atomic mass is 9.60. The number of methoxy groups -OCH3 is 1. The van der Waals surface area contributed by atoms with Crippen molar-refractivity contribution < 1.29 is 48.0 Å². The highest BCUT2D eigenvalue weighted by atomic mass is 16.7. The zero-order valence-corrected chi connectivity index (χ0v) is 20.2. The first kappa shape index (κ1) is 24.0. The predicted octanol–water partition coefficient (Wildman–Crippen LogP) is 1.20. The number of carbonyl (C=O) groups excluding carboxylic acids is 4. The van der Waals surface area contributed by atoms with Gasteiger partial charge in [0, 0.05) is 39.2 Å². The minimum absolute atomic E-state index is 0.114. The van der Waals surface area contributed by atoms with Crippen LogP contribution in [-0.2, 0) is 42.9 Å². The Morgan fingerprint density at radius 2 is 1.97 bits per heavy atom. The van der Waals surface area contributed by atoms with E-state index < -0.39 is 75.9 Å². The van der Waals surface area contributed by atoms with Gasteiger partial charge in [0.15, 0.2) is 12.4 Å². The molecule has 0 radical (unpaired) electrons. The summed E-state index contributed by atoms with van der Waals surface area (Å²) in [6.07, 6.45) is 1.82. The van der Waals surface area contributed by atoms with E-state index in [1.165, 1.54) is 21.0 Å². The zero-order chi connectivity index (χ0) is 25.6. The number of hydrogen-bond acceptors (Lipinski definition) is 10. The quantitative estimate of drug-likeness (QED) is 0.259. The van der Waals surface area contributed by atoms with Gasteiger partial charge in [0.25, 0.3) is 0 Å².